The number of aromatic nitrogens is 1. The Balaban J connectivity index is 2.16. The van der Waals surface area contributed by atoms with Gasteiger partial charge in [-0.25, -0.2) is 4.98 Å². The minimum Gasteiger partial charge on any atom is -0.373 e. The summed E-state index contributed by atoms with van der Waals surface area (Å²) in [6.45, 7) is 0. The van der Waals surface area contributed by atoms with Crippen LogP contribution in [0.15, 0.2) is 47.5 Å². The number of para-hydroxylation sites is 1. The molecule has 0 aliphatic rings. The number of benzene rings is 1. The number of carbonyl (C=O) groups is 1. The van der Waals surface area contributed by atoms with Crippen LogP contribution in [0.4, 0.5) is 11.5 Å². The van der Waals surface area contributed by atoms with Gasteiger partial charge in [-0.1, -0.05) is 12.1 Å². The fourth-order valence-electron chi connectivity index (χ4n) is 1.62. The maximum atomic E-state index is 12.1. The number of carbonyl (C=O) groups excluding carboxylic acids is 1. The molecule has 1 aromatic carbocycles. The summed E-state index contributed by atoms with van der Waals surface area (Å²) in [5.74, 6) is 0.581. The average Bonchev–Trinajstić information content (AvgIpc) is 2.48. The fourth-order valence-corrected chi connectivity index (χ4v) is 2.17. The molecule has 2 rings (SSSR count). The molecule has 1 aromatic heterocycles. The number of amides is 1. The summed E-state index contributed by atoms with van der Waals surface area (Å²) in [5, 5.41) is 5.81. The monoisotopic (exact) mass is 273 g/mol. The Kier molecular flexibility index (Phi) is 4.41. The highest BCUT2D eigenvalue weighted by Gasteiger charge is 2.08. The molecule has 0 radical (unpaired) electrons. The van der Waals surface area contributed by atoms with Crippen molar-refractivity contribution >= 4 is 29.2 Å². The van der Waals surface area contributed by atoms with Crippen LogP contribution >= 0.6 is 11.8 Å². The van der Waals surface area contributed by atoms with E-state index in [0.717, 1.165) is 16.4 Å². The first-order valence-electron chi connectivity index (χ1n) is 5.83. The third-order valence-corrected chi connectivity index (χ3v) is 3.43. The van der Waals surface area contributed by atoms with E-state index >= 15 is 0 Å². The minimum atomic E-state index is -0.156. The Morgan fingerprint density at radius 2 is 2.00 bits per heavy atom. The molecule has 0 bridgehead atoms. The van der Waals surface area contributed by atoms with Crippen molar-refractivity contribution < 1.29 is 4.79 Å². The van der Waals surface area contributed by atoms with Crippen LogP contribution in [0.1, 0.15) is 10.4 Å². The van der Waals surface area contributed by atoms with Gasteiger partial charge in [0.05, 0.1) is 11.3 Å². The van der Waals surface area contributed by atoms with E-state index in [1.807, 2.05) is 30.5 Å². The van der Waals surface area contributed by atoms with Gasteiger partial charge in [0.15, 0.2) is 0 Å². The second kappa shape index (κ2) is 6.24. The van der Waals surface area contributed by atoms with Gasteiger partial charge in [0, 0.05) is 18.1 Å². The summed E-state index contributed by atoms with van der Waals surface area (Å²) in [5.41, 5.74) is 1.35. The lowest BCUT2D eigenvalue weighted by molar-refractivity contribution is 0.102. The van der Waals surface area contributed by atoms with E-state index in [0.29, 0.717) is 5.56 Å². The van der Waals surface area contributed by atoms with E-state index in [4.69, 9.17) is 0 Å². The normalized spacial score (nSPS) is 10.0. The molecule has 0 saturated carbocycles. The molecule has 0 aliphatic carbocycles. The lowest BCUT2D eigenvalue weighted by Crippen LogP contribution is -2.12. The molecule has 0 atom stereocenters. The van der Waals surface area contributed by atoms with Gasteiger partial charge in [-0.05, 0) is 30.5 Å². The Bertz CT molecular complexity index is 569. The Labute approximate surface area is 116 Å². The average molecular weight is 273 g/mol. The van der Waals surface area contributed by atoms with Gasteiger partial charge < -0.3 is 10.6 Å². The summed E-state index contributed by atoms with van der Waals surface area (Å²) in [7, 11) is 1.79. The van der Waals surface area contributed by atoms with E-state index in [9.17, 15) is 4.79 Å². The number of rotatable bonds is 4. The highest BCUT2D eigenvalue weighted by Crippen LogP contribution is 2.25. The summed E-state index contributed by atoms with van der Waals surface area (Å²) in [4.78, 5) is 17.3. The molecule has 4 nitrogen and oxygen atoms in total. The molecule has 0 spiro atoms. The zero-order valence-corrected chi connectivity index (χ0v) is 11.6. The van der Waals surface area contributed by atoms with Gasteiger partial charge in [0.1, 0.15) is 5.82 Å². The molecule has 0 aliphatic heterocycles. The molecule has 0 unspecified atom stereocenters. The standard InChI is InChI=1S/C14H15N3OS/c1-15-13-8-7-10(9-16-13)14(18)17-11-5-3-4-6-12(11)19-2/h3-9H,1-2H3,(H,15,16)(H,17,18). The van der Waals surface area contributed by atoms with Crippen molar-refractivity contribution in [2.75, 3.05) is 23.9 Å². The summed E-state index contributed by atoms with van der Waals surface area (Å²) in [6, 6.07) is 11.2. The lowest BCUT2D eigenvalue weighted by Gasteiger charge is -2.09. The summed E-state index contributed by atoms with van der Waals surface area (Å²) < 4.78 is 0. The van der Waals surface area contributed by atoms with Gasteiger partial charge in [0.2, 0.25) is 0 Å². The quantitative estimate of drug-likeness (QED) is 0.840. The lowest BCUT2D eigenvalue weighted by atomic mass is 10.2. The van der Waals surface area contributed by atoms with Crippen LogP contribution in [-0.2, 0) is 0 Å². The predicted molar refractivity (Wildman–Crippen MR) is 80.0 cm³/mol. The molecule has 98 valence electrons. The molecular formula is C14H15N3OS. The first-order valence-corrected chi connectivity index (χ1v) is 7.05. The number of anilines is 2. The van der Waals surface area contributed by atoms with Crippen LogP contribution in [0.25, 0.3) is 0 Å². The molecule has 1 amide bonds. The number of nitrogens with zero attached hydrogens (tertiary/aromatic N) is 1. The van der Waals surface area contributed by atoms with Crippen molar-refractivity contribution in [3.63, 3.8) is 0 Å². The summed E-state index contributed by atoms with van der Waals surface area (Å²) in [6.07, 6.45) is 3.54. The Morgan fingerprint density at radius 3 is 2.63 bits per heavy atom. The van der Waals surface area contributed by atoms with E-state index in [1.165, 1.54) is 0 Å². The maximum Gasteiger partial charge on any atom is 0.257 e. The molecule has 5 heteroatoms. The number of hydrogen-bond donors (Lipinski definition) is 2. The second-order valence-electron chi connectivity index (χ2n) is 3.84. The highest BCUT2D eigenvalue weighted by molar-refractivity contribution is 7.98. The van der Waals surface area contributed by atoms with Crippen molar-refractivity contribution in [2.24, 2.45) is 0 Å². The zero-order chi connectivity index (χ0) is 13.7. The van der Waals surface area contributed by atoms with Gasteiger partial charge in [-0.15, -0.1) is 11.8 Å². The molecule has 0 fully saturated rings. The molecule has 19 heavy (non-hydrogen) atoms. The number of pyridine rings is 1. The molecule has 0 saturated heterocycles. The highest BCUT2D eigenvalue weighted by atomic mass is 32.2. The predicted octanol–water partition coefficient (Wildman–Crippen LogP) is 3.10. The van der Waals surface area contributed by atoms with Gasteiger partial charge in [-0.2, -0.15) is 0 Å². The number of hydrogen-bond acceptors (Lipinski definition) is 4. The molecule has 2 aromatic rings. The van der Waals surface area contributed by atoms with Crippen LogP contribution in [0, 0.1) is 0 Å². The van der Waals surface area contributed by atoms with Crippen LogP contribution in [0.3, 0.4) is 0 Å². The largest absolute Gasteiger partial charge is 0.373 e. The number of nitrogens with one attached hydrogen (secondary N) is 2. The first-order chi connectivity index (χ1) is 9.24. The van der Waals surface area contributed by atoms with Crippen molar-refractivity contribution in [1.82, 2.24) is 4.98 Å². The number of thioether (sulfide) groups is 1. The van der Waals surface area contributed by atoms with Crippen molar-refractivity contribution in [2.45, 2.75) is 4.90 Å². The molecular weight excluding hydrogens is 258 g/mol. The van der Waals surface area contributed by atoms with Gasteiger partial charge in [-0.3, -0.25) is 4.79 Å². The van der Waals surface area contributed by atoms with E-state index in [-0.39, 0.29) is 5.91 Å². The van der Waals surface area contributed by atoms with Gasteiger partial charge in [0.25, 0.3) is 5.91 Å². The third-order valence-electron chi connectivity index (χ3n) is 2.64. The van der Waals surface area contributed by atoms with Crippen molar-refractivity contribution in [3.05, 3.63) is 48.2 Å². The van der Waals surface area contributed by atoms with Crippen LogP contribution < -0.4 is 10.6 Å². The van der Waals surface area contributed by atoms with Crippen LogP contribution in [-0.4, -0.2) is 24.2 Å². The first kappa shape index (κ1) is 13.4. The van der Waals surface area contributed by atoms with E-state index in [2.05, 4.69) is 15.6 Å². The Morgan fingerprint density at radius 1 is 1.21 bits per heavy atom. The van der Waals surface area contributed by atoms with Crippen LogP contribution in [0.5, 0.6) is 0 Å². The zero-order valence-electron chi connectivity index (χ0n) is 10.8. The van der Waals surface area contributed by atoms with Crippen molar-refractivity contribution in [1.29, 1.82) is 0 Å². The Hall–Kier alpha value is -2.01. The molecule has 1 heterocycles. The summed E-state index contributed by atoms with van der Waals surface area (Å²) >= 11 is 1.60. The smallest absolute Gasteiger partial charge is 0.257 e. The van der Waals surface area contributed by atoms with E-state index in [1.54, 1.807) is 37.1 Å². The fraction of sp³-hybridized carbons (Fsp3) is 0.143. The minimum absolute atomic E-state index is 0.156. The topological polar surface area (TPSA) is 54.0 Å². The second-order valence-corrected chi connectivity index (χ2v) is 4.68. The molecule has 2 N–H and O–H groups in total. The van der Waals surface area contributed by atoms with Crippen LogP contribution in [0.2, 0.25) is 0 Å². The van der Waals surface area contributed by atoms with Crippen molar-refractivity contribution in [3.8, 4) is 0 Å². The van der Waals surface area contributed by atoms with E-state index < -0.39 is 0 Å². The van der Waals surface area contributed by atoms with Gasteiger partial charge >= 0.3 is 0 Å². The third kappa shape index (κ3) is 3.26. The SMILES string of the molecule is CNc1ccc(C(=O)Nc2ccccc2SC)cn1. The maximum absolute atomic E-state index is 12.1.